The first-order valence-electron chi connectivity index (χ1n) is 11.8. The SMILES string of the molecule is CP(C)(=O)c1c(F)cccc1-c1ccc(N2CC[C@@H](NC(O)Nc3ccc(C(F)(F)F)cc3F)C2=O)c(F)c1Cl. The fourth-order valence-electron chi connectivity index (χ4n) is 4.50. The van der Waals surface area contributed by atoms with Crippen LogP contribution in [0.25, 0.3) is 11.1 Å². The van der Waals surface area contributed by atoms with Gasteiger partial charge in [0.15, 0.2) is 12.2 Å². The first-order chi connectivity index (χ1) is 18.6. The summed E-state index contributed by atoms with van der Waals surface area (Å²) in [6.45, 7) is 2.76. The molecule has 0 bridgehead atoms. The van der Waals surface area contributed by atoms with E-state index >= 15 is 4.39 Å². The molecule has 0 aromatic heterocycles. The molecule has 3 aromatic carbocycles. The molecule has 1 amide bonds. The number of benzene rings is 3. The molecule has 0 aliphatic carbocycles. The van der Waals surface area contributed by atoms with Gasteiger partial charge >= 0.3 is 6.18 Å². The predicted octanol–water partition coefficient (Wildman–Crippen LogP) is 5.77. The van der Waals surface area contributed by atoms with Gasteiger partial charge in [-0.15, -0.1) is 0 Å². The molecule has 0 saturated carbocycles. The van der Waals surface area contributed by atoms with Gasteiger partial charge in [0.25, 0.3) is 0 Å². The van der Waals surface area contributed by atoms with Crippen molar-refractivity contribution in [3.05, 3.63) is 76.6 Å². The van der Waals surface area contributed by atoms with Gasteiger partial charge in [-0.25, -0.2) is 13.2 Å². The molecule has 40 heavy (non-hydrogen) atoms. The van der Waals surface area contributed by atoms with Crippen LogP contribution in [0.15, 0.2) is 48.5 Å². The van der Waals surface area contributed by atoms with Crippen molar-refractivity contribution in [3.8, 4) is 11.1 Å². The topological polar surface area (TPSA) is 81.7 Å². The molecule has 2 atom stereocenters. The maximum absolute atomic E-state index is 15.4. The average Bonchev–Trinajstić information content (AvgIpc) is 3.20. The van der Waals surface area contributed by atoms with Crippen LogP contribution in [0.3, 0.4) is 0 Å². The number of nitrogens with zero attached hydrogens (tertiary/aromatic N) is 1. The summed E-state index contributed by atoms with van der Waals surface area (Å²) < 4.78 is 95.1. The third-order valence-corrected chi connectivity index (χ3v) is 8.22. The van der Waals surface area contributed by atoms with Crippen LogP contribution < -0.4 is 20.8 Å². The first-order valence-corrected chi connectivity index (χ1v) is 14.8. The predicted molar refractivity (Wildman–Crippen MR) is 141 cm³/mol. The Bertz CT molecular complexity index is 1510. The molecular weight excluding hydrogens is 583 g/mol. The van der Waals surface area contributed by atoms with E-state index in [0.29, 0.717) is 6.07 Å². The summed E-state index contributed by atoms with van der Waals surface area (Å²) in [5.74, 6) is -3.63. The Kier molecular flexibility index (Phi) is 8.29. The second kappa shape index (κ2) is 11.1. The third kappa shape index (κ3) is 6.00. The van der Waals surface area contributed by atoms with E-state index < -0.39 is 65.3 Å². The molecule has 4 rings (SSSR count). The van der Waals surface area contributed by atoms with Gasteiger partial charge in [0.05, 0.1) is 33.3 Å². The van der Waals surface area contributed by atoms with Crippen LogP contribution in [0.1, 0.15) is 12.0 Å². The number of carbonyl (C=O) groups excluding carboxylic acids is 1. The number of amides is 1. The largest absolute Gasteiger partial charge is 0.416 e. The van der Waals surface area contributed by atoms with E-state index in [1.54, 1.807) is 0 Å². The van der Waals surface area contributed by atoms with E-state index in [1.807, 2.05) is 0 Å². The lowest BCUT2D eigenvalue weighted by Crippen LogP contribution is -2.47. The smallest absolute Gasteiger partial charge is 0.361 e. The van der Waals surface area contributed by atoms with Gasteiger partial charge in [-0.1, -0.05) is 29.8 Å². The molecule has 14 heteroatoms. The number of hydrogen-bond acceptors (Lipinski definition) is 5. The average molecular weight is 606 g/mol. The minimum absolute atomic E-state index is 0.00872. The van der Waals surface area contributed by atoms with Crippen molar-refractivity contribution in [2.45, 2.75) is 25.0 Å². The Labute approximate surface area is 230 Å². The zero-order chi connectivity index (χ0) is 29.6. The molecule has 0 spiro atoms. The lowest BCUT2D eigenvalue weighted by atomic mass is 10.0. The second-order valence-corrected chi connectivity index (χ2v) is 13.0. The quantitative estimate of drug-likeness (QED) is 0.181. The molecule has 1 saturated heterocycles. The van der Waals surface area contributed by atoms with Crippen LogP contribution in [0.5, 0.6) is 0 Å². The molecule has 1 aliphatic rings. The highest BCUT2D eigenvalue weighted by Crippen LogP contribution is 2.43. The lowest BCUT2D eigenvalue weighted by Gasteiger charge is -2.22. The van der Waals surface area contributed by atoms with E-state index in [9.17, 15) is 36.4 Å². The molecule has 214 valence electrons. The monoisotopic (exact) mass is 605 g/mol. The van der Waals surface area contributed by atoms with Gasteiger partial charge in [-0.05, 0) is 55.6 Å². The van der Waals surface area contributed by atoms with Gasteiger partial charge in [0, 0.05) is 12.1 Å². The van der Waals surface area contributed by atoms with Crippen molar-refractivity contribution in [1.29, 1.82) is 0 Å². The van der Waals surface area contributed by atoms with Crippen LogP contribution in [0.4, 0.5) is 37.7 Å². The summed E-state index contributed by atoms with van der Waals surface area (Å²) in [4.78, 5) is 14.1. The summed E-state index contributed by atoms with van der Waals surface area (Å²) in [7, 11) is -3.13. The van der Waals surface area contributed by atoms with E-state index in [0.717, 1.165) is 17.0 Å². The van der Waals surface area contributed by atoms with Gasteiger partial charge in [-0.3, -0.25) is 10.1 Å². The Morgan fingerprint density at radius 3 is 2.38 bits per heavy atom. The number of aliphatic hydroxyl groups is 1. The highest BCUT2D eigenvalue weighted by atomic mass is 35.5. The zero-order valence-electron chi connectivity index (χ0n) is 21.0. The Balaban J connectivity index is 1.51. The summed E-state index contributed by atoms with van der Waals surface area (Å²) in [5, 5.41) is 14.5. The van der Waals surface area contributed by atoms with E-state index in [1.165, 1.54) is 37.6 Å². The number of aliphatic hydroxyl groups excluding tert-OH is 1. The van der Waals surface area contributed by atoms with Crippen LogP contribution in [-0.2, 0) is 15.5 Å². The van der Waals surface area contributed by atoms with Gasteiger partial charge in [-0.2, -0.15) is 13.2 Å². The molecule has 3 N–H and O–H groups in total. The van der Waals surface area contributed by atoms with E-state index in [2.05, 4.69) is 10.6 Å². The standard InChI is InChI=1S/C26H23ClF6N3O3P/c1-40(2,39)23-15(4-3-5-16(23)28)14-7-9-20(22(30)21(14)27)36-11-10-19(24(36)37)35-25(38)34-18-8-6-13(12-17(18)29)26(31,32)33/h3-9,12,19,25,34-35,38H,10-11H2,1-2H3/t19-,25?/m1/s1. The molecule has 3 aromatic rings. The van der Waals surface area contributed by atoms with Crippen LogP contribution in [0.2, 0.25) is 5.02 Å². The van der Waals surface area contributed by atoms with E-state index in [-0.39, 0.29) is 41.2 Å². The minimum Gasteiger partial charge on any atom is -0.361 e. The van der Waals surface area contributed by atoms with Crippen molar-refractivity contribution in [1.82, 2.24) is 5.32 Å². The van der Waals surface area contributed by atoms with Crippen LogP contribution >= 0.6 is 18.7 Å². The highest BCUT2D eigenvalue weighted by molar-refractivity contribution is 7.70. The minimum atomic E-state index is -4.75. The normalized spacial score (nSPS) is 16.9. The molecule has 6 nitrogen and oxygen atoms in total. The second-order valence-electron chi connectivity index (χ2n) is 9.48. The van der Waals surface area contributed by atoms with Crippen molar-refractivity contribution >= 4 is 41.3 Å². The number of rotatable bonds is 7. The molecule has 0 radical (unpaired) electrons. The third-order valence-electron chi connectivity index (χ3n) is 6.32. The summed E-state index contributed by atoms with van der Waals surface area (Å²) >= 11 is 6.30. The summed E-state index contributed by atoms with van der Waals surface area (Å²) in [6.07, 6.45) is -6.39. The fourth-order valence-corrected chi connectivity index (χ4v) is 6.12. The van der Waals surface area contributed by atoms with Gasteiger partial charge in [0.2, 0.25) is 5.91 Å². The molecule has 1 unspecified atom stereocenters. The first kappa shape index (κ1) is 29.9. The van der Waals surface area contributed by atoms with Crippen molar-refractivity contribution in [2.24, 2.45) is 0 Å². The van der Waals surface area contributed by atoms with Gasteiger partial charge in [0.1, 0.15) is 18.8 Å². The Morgan fingerprint density at radius 1 is 1.05 bits per heavy atom. The van der Waals surface area contributed by atoms with Gasteiger partial charge < -0.3 is 19.9 Å². The number of halogens is 7. The zero-order valence-corrected chi connectivity index (χ0v) is 22.6. The number of hydrogen-bond donors (Lipinski definition) is 3. The number of anilines is 2. The highest BCUT2D eigenvalue weighted by Gasteiger charge is 2.36. The summed E-state index contributed by atoms with van der Waals surface area (Å²) in [6, 6.07) is 7.27. The lowest BCUT2D eigenvalue weighted by molar-refractivity contribution is -0.137. The van der Waals surface area contributed by atoms with Crippen molar-refractivity contribution < 1.29 is 40.8 Å². The van der Waals surface area contributed by atoms with Crippen LogP contribution in [-0.4, -0.2) is 43.3 Å². The molecule has 1 fully saturated rings. The van der Waals surface area contributed by atoms with Crippen LogP contribution in [0, 0.1) is 17.5 Å². The Hall–Kier alpha value is -3.05. The number of nitrogens with one attached hydrogen (secondary N) is 2. The van der Waals surface area contributed by atoms with E-state index in [4.69, 9.17) is 11.6 Å². The van der Waals surface area contributed by atoms with Crippen molar-refractivity contribution in [3.63, 3.8) is 0 Å². The fraction of sp³-hybridized carbons (Fsp3) is 0.269. The number of alkyl halides is 3. The molecular formula is C26H23ClF6N3O3P. The summed E-state index contributed by atoms with van der Waals surface area (Å²) in [5.41, 5.74) is -1.60. The van der Waals surface area contributed by atoms with Crippen molar-refractivity contribution in [2.75, 3.05) is 30.1 Å². The maximum atomic E-state index is 15.4. The molecule has 1 aliphatic heterocycles. The number of carbonyl (C=O) groups is 1. The molecule has 1 heterocycles. The maximum Gasteiger partial charge on any atom is 0.416 e. The Morgan fingerprint density at radius 2 is 1.75 bits per heavy atom.